The average Bonchev–Trinajstić information content (AvgIpc) is 3.55. The molecule has 5 heterocycles. The fourth-order valence-corrected chi connectivity index (χ4v) is 4.35. The highest BCUT2D eigenvalue weighted by atomic mass is 35.5. The van der Waals surface area contributed by atoms with Crippen LogP contribution in [0.3, 0.4) is 0 Å². The molecule has 0 atom stereocenters. The standard InChI is InChI=1S/C26H16Cl2N4/c27-24-3-1-2-22(26(24)28)23-13-21-12-19-7-6-17(30-19)10-15-4-5-16(29-15)11-18-8-9-20(31-18)14-25(23)32-21/h1-14,29,32H. The molecule has 0 fully saturated rings. The molecular formula is C26H16Cl2N4. The van der Waals surface area contributed by atoms with Crippen molar-refractivity contribution in [3.8, 4) is 11.1 Å². The number of aromatic nitrogens is 4. The van der Waals surface area contributed by atoms with Gasteiger partial charge in [-0.2, -0.15) is 0 Å². The minimum absolute atomic E-state index is 0.520. The summed E-state index contributed by atoms with van der Waals surface area (Å²) in [6.07, 6.45) is 8.00. The van der Waals surface area contributed by atoms with Crippen molar-refractivity contribution in [1.29, 1.82) is 0 Å². The maximum absolute atomic E-state index is 6.56. The first-order valence-corrected chi connectivity index (χ1v) is 10.9. The lowest BCUT2D eigenvalue weighted by Crippen LogP contribution is -1.80. The molecule has 6 heteroatoms. The molecule has 4 aromatic rings. The first-order chi connectivity index (χ1) is 15.6. The third kappa shape index (κ3) is 3.54. The van der Waals surface area contributed by atoms with E-state index in [4.69, 9.17) is 33.2 Å². The zero-order valence-electron chi connectivity index (χ0n) is 16.7. The van der Waals surface area contributed by atoms with Crippen LogP contribution in [-0.4, -0.2) is 19.9 Å². The Morgan fingerprint density at radius 1 is 0.562 bits per heavy atom. The van der Waals surface area contributed by atoms with Crippen molar-refractivity contribution in [2.45, 2.75) is 0 Å². The Labute approximate surface area is 193 Å². The molecule has 0 spiro atoms. The van der Waals surface area contributed by atoms with E-state index in [9.17, 15) is 0 Å². The van der Waals surface area contributed by atoms with Gasteiger partial charge < -0.3 is 9.97 Å². The maximum atomic E-state index is 6.56. The SMILES string of the molecule is Clc1cccc(-c2cc3cc4nc(cc5ccc(cc6nc(cc2[nH]3)C=C6)[nH]5)C=C4)c1Cl. The zero-order valence-corrected chi connectivity index (χ0v) is 18.2. The molecule has 2 N–H and O–H groups in total. The molecule has 6 rings (SSSR count). The number of hydrogen-bond donors (Lipinski definition) is 2. The molecule has 32 heavy (non-hydrogen) atoms. The van der Waals surface area contributed by atoms with Crippen LogP contribution in [-0.2, 0) is 0 Å². The number of rotatable bonds is 1. The minimum atomic E-state index is 0.520. The molecule has 2 aliphatic heterocycles. The van der Waals surface area contributed by atoms with Crippen molar-refractivity contribution in [3.05, 3.63) is 93.5 Å². The molecule has 3 aromatic heterocycles. The van der Waals surface area contributed by atoms with E-state index in [1.54, 1.807) is 6.07 Å². The predicted molar refractivity (Wildman–Crippen MR) is 134 cm³/mol. The number of H-pyrrole nitrogens is 2. The molecule has 0 aliphatic carbocycles. The zero-order chi connectivity index (χ0) is 21.7. The summed E-state index contributed by atoms with van der Waals surface area (Å²) in [7, 11) is 0. The molecule has 0 amide bonds. The topological polar surface area (TPSA) is 57.4 Å². The van der Waals surface area contributed by atoms with Crippen molar-refractivity contribution < 1.29 is 0 Å². The number of halogens is 2. The van der Waals surface area contributed by atoms with Gasteiger partial charge in [0.15, 0.2) is 0 Å². The first kappa shape index (κ1) is 19.1. The van der Waals surface area contributed by atoms with Gasteiger partial charge in [0.1, 0.15) is 0 Å². The predicted octanol–water partition coefficient (Wildman–Crippen LogP) is 7.63. The van der Waals surface area contributed by atoms with Gasteiger partial charge in [-0.3, -0.25) is 0 Å². The summed E-state index contributed by atoms with van der Waals surface area (Å²) in [4.78, 5) is 16.4. The molecule has 0 radical (unpaired) electrons. The average molecular weight is 455 g/mol. The highest BCUT2D eigenvalue weighted by molar-refractivity contribution is 6.43. The summed E-state index contributed by atoms with van der Waals surface area (Å²) in [5.41, 5.74) is 9.10. The second kappa shape index (κ2) is 7.52. The Hall–Kier alpha value is -3.60. The van der Waals surface area contributed by atoms with Crippen LogP contribution in [0, 0.1) is 0 Å². The van der Waals surface area contributed by atoms with E-state index in [2.05, 4.69) is 16.0 Å². The Morgan fingerprint density at radius 2 is 1.16 bits per heavy atom. The lowest BCUT2D eigenvalue weighted by molar-refractivity contribution is 1.31. The van der Waals surface area contributed by atoms with Gasteiger partial charge in [0, 0.05) is 33.2 Å². The van der Waals surface area contributed by atoms with E-state index in [1.165, 1.54) is 0 Å². The van der Waals surface area contributed by atoms with Crippen LogP contribution in [0.5, 0.6) is 0 Å². The van der Waals surface area contributed by atoms with Crippen molar-refractivity contribution >= 4 is 69.6 Å². The van der Waals surface area contributed by atoms with Crippen LogP contribution in [0.4, 0.5) is 0 Å². The first-order valence-electron chi connectivity index (χ1n) is 10.1. The molecule has 8 bridgehead atoms. The van der Waals surface area contributed by atoms with Gasteiger partial charge >= 0.3 is 0 Å². The lowest BCUT2D eigenvalue weighted by Gasteiger charge is -2.04. The van der Waals surface area contributed by atoms with Crippen molar-refractivity contribution in [1.82, 2.24) is 19.9 Å². The van der Waals surface area contributed by atoms with E-state index in [0.717, 1.165) is 56.0 Å². The monoisotopic (exact) mass is 454 g/mol. The fraction of sp³-hybridized carbons (Fsp3) is 0. The van der Waals surface area contributed by atoms with E-state index < -0.39 is 0 Å². The molecule has 154 valence electrons. The second-order valence-electron chi connectivity index (χ2n) is 7.69. The van der Waals surface area contributed by atoms with Crippen LogP contribution in [0.25, 0.3) is 57.5 Å². The number of fused-ring (bicyclic) bond motifs is 8. The molecule has 0 saturated carbocycles. The number of aromatic amines is 2. The summed E-state index contributed by atoms with van der Waals surface area (Å²) in [6, 6.07) is 19.9. The molecule has 1 aromatic carbocycles. The molecule has 2 aliphatic rings. The molecule has 0 unspecified atom stereocenters. The Morgan fingerprint density at radius 3 is 1.81 bits per heavy atom. The van der Waals surface area contributed by atoms with Crippen LogP contribution in [0.1, 0.15) is 22.8 Å². The number of nitrogens with zero attached hydrogens (tertiary/aromatic N) is 2. The third-order valence-corrected chi connectivity index (χ3v) is 6.23. The summed E-state index contributed by atoms with van der Waals surface area (Å²) in [5, 5.41) is 1.04. The van der Waals surface area contributed by atoms with Gasteiger partial charge in [0.25, 0.3) is 0 Å². The molecule has 0 saturated heterocycles. The number of benzene rings is 1. The van der Waals surface area contributed by atoms with Crippen LogP contribution < -0.4 is 0 Å². The highest BCUT2D eigenvalue weighted by Crippen LogP contribution is 2.36. The lowest BCUT2D eigenvalue weighted by atomic mass is 10.1. The Bertz CT molecular complexity index is 1610. The van der Waals surface area contributed by atoms with Gasteiger partial charge in [-0.05, 0) is 72.8 Å². The van der Waals surface area contributed by atoms with Gasteiger partial charge in [-0.15, -0.1) is 0 Å². The summed E-state index contributed by atoms with van der Waals surface area (Å²) in [5.74, 6) is 0. The largest absolute Gasteiger partial charge is 0.355 e. The third-order valence-electron chi connectivity index (χ3n) is 5.41. The summed E-state index contributed by atoms with van der Waals surface area (Å²) < 4.78 is 0. The van der Waals surface area contributed by atoms with Gasteiger partial charge in [0.05, 0.1) is 32.8 Å². The quantitative estimate of drug-likeness (QED) is 0.268. The van der Waals surface area contributed by atoms with E-state index in [1.807, 2.05) is 72.8 Å². The fourth-order valence-electron chi connectivity index (χ4n) is 3.95. The summed E-state index contributed by atoms with van der Waals surface area (Å²) in [6.45, 7) is 0. The van der Waals surface area contributed by atoms with Crippen LogP contribution in [0.2, 0.25) is 10.0 Å². The van der Waals surface area contributed by atoms with Crippen LogP contribution in [0.15, 0.2) is 60.7 Å². The Kier molecular flexibility index (Phi) is 4.49. The Balaban J connectivity index is 1.69. The minimum Gasteiger partial charge on any atom is -0.355 e. The number of hydrogen-bond acceptors (Lipinski definition) is 2. The molecular weight excluding hydrogens is 439 g/mol. The molecule has 4 nitrogen and oxygen atoms in total. The maximum Gasteiger partial charge on any atom is 0.0671 e. The van der Waals surface area contributed by atoms with Crippen molar-refractivity contribution in [2.24, 2.45) is 0 Å². The van der Waals surface area contributed by atoms with Gasteiger partial charge in [-0.25, -0.2) is 9.97 Å². The van der Waals surface area contributed by atoms with Gasteiger partial charge in [0.2, 0.25) is 0 Å². The van der Waals surface area contributed by atoms with E-state index >= 15 is 0 Å². The normalized spacial score (nSPS) is 12.4. The number of nitrogens with one attached hydrogen (secondary N) is 2. The van der Waals surface area contributed by atoms with E-state index in [-0.39, 0.29) is 0 Å². The van der Waals surface area contributed by atoms with E-state index in [0.29, 0.717) is 10.0 Å². The highest BCUT2D eigenvalue weighted by Gasteiger charge is 2.11. The van der Waals surface area contributed by atoms with Crippen LogP contribution >= 0.6 is 23.2 Å². The second-order valence-corrected chi connectivity index (χ2v) is 8.47. The van der Waals surface area contributed by atoms with Crippen molar-refractivity contribution in [3.63, 3.8) is 0 Å². The van der Waals surface area contributed by atoms with Crippen molar-refractivity contribution in [2.75, 3.05) is 0 Å². The smallest absolute Gasteiger partial charge is 0.0671 e. The summed E-state index contributed by atoms with van der Waals surface area (Å²) >= 11 is 12.9. The van der Waals surface area contributed by atoms with Gasteiger partial charge in [-0.1, -0.05) is 35.3 Å².